The lowest BCUT2D eigenvalue weighted by Gasteiger charge is -2.43. The van der Waals surface area contributed by atoms with Gasteiger partial charge in [-0.25, -0.2) is 4.39 Å². The van der Waals surface area contributed by atoms with Gasteiger partial charge in [-0.1, -0.05) is 30.7 Å². The number of halogens is 2. The molecule has 0 spiro atoms. The Morgan fingerprint density at radius 3 is 2.57 bits per heavy atom. The largest absolute Gasteiger partial charge is 0.297 e. The first-order valence-electron chi connectivity index (χ1n) is 7.50. The van der Waals surface area contributed by atoms with Gasteiger partial charge in [0, 0.05) is 6.42 Å². The maximum absolute atomic E-state index is 14.0. The first-order chi connectivity index (χ1) is 9.86. The van der Waals surface area contributed by atoms with Crippen LogP contribution in [0.25, 0.3) is 0 Å². The molecule has 2 rings (SSSR count). The van der Waals surface area contributed by atoms with Crippen molar-refractivity contribution in [3.05, 3.63) is 34.6 Å². The van der Waals surface area contributed by atoms with Crippen molar-refractivity contribution in [3.63, 3.8) is 0 Å². The minimum atomic E-state index is -0.467. The smallest absolute Gasteiger partial charge is 0.157 e. The molecular weight excluding hydrogens is 289 g/mol. The molecule has 0 bridgehead atoms. The molecule has 116 valence electrons. The van der Waals surface area contributed by atoms with Crippen LogP contribution in [0.1, 0.15) is 38.2 Å². The van der Waals surface area contributed by atoms with Crippen LogP contribution in [0.2, 0.25) is 5.02 Å². The van der Waals surface area contributed by atoms with E-state index in [0.717, 1.165) is 25.7 Å². The number of hydrogen-bond acceptors (Lipinski definition) is 2. The summed E-state index contributed by atoms with van der Waals surface area (Å²) in [7, 11) is 3.89. The molecule has 4 heteroatoms. The van der Waals surface area contributed by atoms with E-state index in [1.807, 2.05) is 19.0 Å². The van der Waals surface area contributed by atoms with E-state index in [1.165, 1.54) is 6.07 Å². The molecule has 0 amide bonds. The van der Waals surface area contributed by atoms with Crippen LogP contribution in [0.3, 0.4) is 0 Å². The Balaban J connectivity index is 2.22. The summed E-state index contributed by atoms with van der Waals surface area (Å²) in [6.07, 6.45) is 3.90. The van der Waals surface area contributed by atoms with Gasteiger partial charge in [-0.15, -0.1) is 0 Å². The Morgan fingerprint density at radius 2 is 2.00 bits per heavy atom. The summed E-state index contributed by atoms with van der Waals surface area (Å²) in [5.74, 6) is 0.292. The molecule has 0 heterocycles. The van der Waals surface area contributed by atoms with Crippen LogP contribution in [0, 0.1) is 11.7 Å². The summed E-state index contributed by atoms with van der Waals surface area (Å²) in [5.41, 5.74) is -0.0614. The van der Waals surface area contributed by atoms with Crippen LogP contribution >= 0.6 is 11.6 Å². The van der Waals surface area contributed by atoms with E-state index < -0.39 is 11.4 Å². The molecule has 2 nitrogen and oxygen atoms in total. The van der Waals surface area contributed by atoms with Gasteiger partial charge in [0.2, 0.25) is 0 Å². The van der Waals surface area contributed by atoms with Crippen molar-refractivity contribution in [2.45, 2.75) is 44.6 Å². The Labute approximate surface area is 131 Å². The van der Waals surface area contributed by atoms with Crippen LogP contribution in [0.4, 0.5) is 4.39 Å². The van der Waals surface area contributed by atoms with Crippen molar-refractivity contribution < 1.29 is 9.18 Å². The first-order valence-corrected chi connectivity index (χ1v) is 7.88. The van der Waals surface area contributed by atoms with Gasteiger partial charge in [0.25, 0.3) is 0 Å². The summed E-state index contributed by atoms with van der Waals surface area (Å²) in [4.78, 5) is 14.9. The zero-order chi connectivity index (χ0) is 15.6. The average Bonchev–Trinajstić information content (AvgIpc) is 2.44. The predicted octanol–water partition coefficient (Wildman–Crippen LogP) is 4.10. The monoisotopic (exact) mass is 311 g/mol. The van der Waals surface area contributed by atoms with E-state index in [1.54, 1.807) is 12.1 Å². The molecule has 1 fully saturated rings. The van der Waals surface area contributed by atoms with Gasteiger partial charge in [0.05, 0.1) is 10.6 Å². The lowest BCUT2D eigenvalue weighted by atomic mass is 9.72. The van der Waals surface area contributed by atoms with Crippen molar-refractivity contribution in [2.24, 2.45) is 5.92 Å². The van der Waals surface area contributed by atoms with Gasteiger partial charge in [0.15, 0.2) is 5.78 Å². The summed E-state index contributed by atoms with van der Waals surface area (Å²) >= 11 is 5.80. The average molecular weight is 312 g/mol. The second kappa shape index (κ2) is 6.45. The highest BCUT2D eigenvalue weighted by Gasteiger charge is 2.42. The second-order valence-corrected chi connectivity index (χ2v) is 6.83. The molecule has 0 saturated heterocycles. The topological polar surface area (TPSA) is 20.3 Å². The van der Waals surface area contributed by atoms with Crippen molar-refractivity contribution in [3.8, 4) is 0 Å². The maximum Gasteiger partial charge on any atom is 0.157 e. The third-order valence-electron chi connectivity index (χ3n) is 4.86. The van der Waals surface area contributed by atoms with Crippen LogP contribution in [0.5, 0.6) is 0 Å². The van der Waals surface area contributed by atoms with E-state index in [4.69, 9.17) is 11.6 Å². The molecule has 1 saturated carbocycles. The maximum atomic E-state index is 14.0. The predicted molar refractivity (Wildman–Crippen MR) is 84.2 cm³/mol. The van der Waals surface area contributed by atoms with Crippen LogP contribution < -0.4 is 0 Å². The normalized spacial score (nSPS) is 26.1. The second-order valence-electron chi connectivity index (χ2n) is 6.42. The fourth-order valence-electron chi connectivity index (χ4n) is 3.24. The van der Waals surface area contributed by atoms with Crippen molar-refractivity contribution in [2.75, 3.05) is 14.1 Å². The number of nitrogens with zero attached hydrogens (tertiary/aromatic N) is 1. The molecule has 1 aromatic carbocycles. The molecule has 0 atom stereocenters. The van der Waals surface area contributed by atoms with Gasteiger partial charge in [-0.3, -0.25) is 9.69 Å². The van der Waals surface area contributed by atoms with Gasteiger partial charge in [-0.2, -0.15) is 0 Å². The first kappa shape index (κ1) is 16.4. The molecule has 0 aliphatic heterocycles. The third kappa shape index (κ3) is 3.29. The highest BCUT2D eigenvalue weighted by Crippen LogP contribution is 2.37. The lowest BCUT2D eigenvalue weighted by Crippen LogP contribution is -2.53. The molecule has 0 aromatic heterocycles. The van der Waals surface area contributed by atoms with Gasteiger partial charge in [-0.05, 0) is 57.3 Å². The molecular formula is C17H23ClFNO. The minimum absolute atomic E-state index is 0.0801. The number of ketones is 1. The molecule has 1 aliphatic carbocycles. The van der Waals surface area contributed by atoms with E-state index in [-0.39, 0.29) is 17.2 Å². The fraction of sp³-hybridized carbons (Fsp3) is 0.588. The number of carbonyl (C=O) groups excluding carboxylic acids is 1. The molecule has 21 heavy (non-hydrogen) atoms. The van der Waals surface area contributed by atoms with E-state index in [0.29, 0.717) is 11.5 Å². The highest BCUT2D eigenvalue weighted by molar-refractivity contribution is 6.30. The number of rotatable bonds is 4. The standard InChI is InChI=1S/C17H23ClFNO/c1-12-7-9-17(10-8-12,20(2)3)15(21)11-13-5-4-6-14(18)16(13)19/h4-6,12H,7-11H2,1-3H3. The van der Waals surface area contributed by atoms with Crippen LogP contribution in [-0.4, -0.2) is 30.3 Å². The SMILES string of the molecule is CC1CCC(C(=O)Cc2cccc(Cl)c2F)(N(C)C)CC1. The zero-order valence-corrected chi connectivity index (χ0v) is 13.7. The Kier molecular flexibility index (Phi) is 5.05. The Hall–Kier alpha value is -0.930. The Morgan fingerprint density at radius 1 is 1.38 bits per heavy atom. The van der Waals surface area contributed by atoms with Crippen molar-refractivity contribution in [1.29, 1.82) is 0 Å². The van der Waals surface area contributed by atoms with Crippen molar-refractivity contribution >= 4 is 17.4 Å². The van der Waals surface area contributed by atoms with E-state index in [2.05, 4.69) is 6.92 Å². The quantitative estimate of drug-likeness (QED) is 0.834. The highest BCUT2D eigenvalue weighted by atomic mass is 35.5. The van der Waals surface area contributed by atoms with Gasteiger partial charge >= 0.3 is 0 Å². The lowest BCUT2D eigenvalue weighted by molar-refractivity contribution is -0.131. The van der Waals surface area contributed by atoms with Gasteiger partial charge < -0.3 is 0 Å². The zero-order valence-electron chi connectivity index (χ0n) is 13.0. The Bertz CT molecular complexity index is 522. The van der Waals surface area contributed by atoms with E-state index in [9.17, 15) is 9.18 Å². The van der Waals surface area contributed by atoms with Crippen LogP contribution in [-0.2, 0) is 11.2 Å². The third-order valence-corrected chi connectivity index (χ3v) is 5.15. The fourth-order valence-corrected chi connectivity index (χ4v) is 3.43. The number of benzene rings is 1. The minimum Gasteiger partial charge on any atom is -0.297 e. The van der Waals surface area contributed by atoms with Crippen molar-refractivity contribution in [1.82, 2.24) is 4.90 Å². The summed E-state index contributed by atoms with van der Waals surface area (Å²) < 4.78 is 14.0. The number of carbonyl (C=O) groups is 1. The number of hydrogen-bond donors (Lipinski definition) is 0. The molecule has 0 radical (unpaired) electrons. The van der Waals surface area contributed by atoms with E-state index >= 15 is 0 Å². The molecule has 1 aliphatic rings. The van der Waals surface area contributed by atoms with Crippen LogP contribution in [0.15, 0.2) is 18.2 Å². The molecule has 0 unspecified atom stereocenters. The number of Topliss-reactive ketones (excluding diaryl/α,β-unsaturated/α-hetero) is 1. The summed E-state index contributed by atoms with van der Waals surface area (Å²) in [6, 6.07) is 4.85. The summed E-state index contributed by atoms with van der Waals surface area (Å²) in [6.45, 7) is 2.22. The molecule has 0 N–H and O–H groups in total. The number of likely N-dealkylation sites (N-methyl/N-ethyl adjacent to an activating group) is 1. The van der Waals surface area contributed by atoms with Gasteiger partial charge in [0.1, 0.15) is 5.82 Å². The summed E-state index contributed by atoms with van der Waals surface area (Å²) in [5, 5.41) is 0.0801. The molecule has 1 aromatic rings.